The number of nitrogens with zero attached hydrogens (tertiary/aromatic N) is 3. The largest absolute Gasteiger partial charge is 0.497 e. The third-order valence-corrected chi connectivity index (χ3v) is 6.10. The van der Waals surface area contributed by atoms with Crippen LogP contribution in [0, 0.1) is 0 Å². The smallest absolute Gasteiger partial charge is 0.265 e. The molecule has 1 aliphatic heterocycles. The molecule has 5 rings (SSSR count). The quantitative estimate of drug-likeness (QED) is 0.494. The lowest BCUT2D eigenvalue weighted by molar-refractivity contribution is 0.0306. The highest BCUT2D eigenvalue weighted by molar-refractivity contribution is 7.17. The average Bonchev–Trinajstić information content (AvgIpc) is 3.46. The number of ether oxygens (including phenoxy) is 2. The fourth-order valence-corrected chi connectivity index (χ4v) is 4.34. The summed E-state index contributed by atoms with van der Waals surface area (Å²) in [6.45, 7) is 2.35. The van der Waals surface area contributed by atoms with Crippen LogP contribution in [0.1, 0.15) is 9.67 Å². The van der Waals surface area contributed by atoms with Gasteiger partial charge in [-0.1, -0.05) is 23.4 Å². The third kappa shape index (κ3) is 3.44. The Labute approximate surface area is 176 Å². The van der Waals surface area contributed by atoms with Crippen LogP contribution in [0.5, 0.6) is 5.75 Å². The van der Waals surface area contributed by atoms with Crippen LogP contribution in [-0.2, 0) is 4.74 Å². The molecular formula is C22H19N3O4S. The van der Waals surface area contributed by atoms with Crippen molar-refractivity contribution in [2.45, 2.75) is 0 Å². The molecule has 0 saturated carbocycles. The molecule has 0 atom stereocenters. The first-order valence-corrected chi connectivity index (χ1v) is 10.4. The normalized spacial score (nSPS) is 14.2. The molecule has 0 spiro atoms. The molecule has 2 aromatic carbocycles. The van der Waals surface area contributed by atoms with Crippen molar-refractivity contribution in [3.63, 3.8) is 0 Å². The number of hydrogen-bond acceptors (Lipinski definition) is 7. The zero-order valence-electron chi connectivity index (χ0n) is 16.3. The summed E-state index contributed by atoms with van der Waals surface area (Å²) < 4.78 is 16.1. The Kier molecular flexibility index (Phi) is 4.94. The van der Waals surface area contributed by atoms with Crippen molar-refractivity contribution in [2.24, 2.45) is 0 Å². The van der Waals surface area contributed by atoms with Gasteiger partial charge >= 0.3 is 0 Å². The van der Waals surface area contributed by atoms with E-state index in [9.17, 15) is 4.79 Å². The van der Waals surface area contributed by atoms with Gasteiger partial charge in [0.1, 0.15) is 21.3 Å². The molecular weight excluding hydrogens is 402 g/mol. The van der Waals surface area contributed by atoms with Gasteiger partial charge in [-0.05, 0) is 35.4 Å². The minimum absolute atomic E-state index is 0.0170. The standard InChI is InChI=1S/C22H19N3O4S/c1-27-16-5-2-14(3-6-16)15-4-7-17-18(12-15)29-24-20(17)21-23-13-19(30-21)22(26)25-8-10-28-11-9-25/h2-7,12-13H,8-11H2,1H3. The maximum atomic E-state index is 12.7. The van der Waals surface area contributed by atoms with E-state index >= 15 is 0 Å². The molecule has 3 heterocycles. The molecule has 0 unspecified atom stereocenters. The Morgan fingerprint density at radius 2 is 1.87 bits per heavy atom. The third-order valence-electron chi connectivity index (χ3n) is 5.11. The van der Waals surface area contributed by atoms with E-state index in [4.69, 9.17) is 14.0 Å². The van der Waals surface area contributed by atoms with E-state index in [0.29, 0.717) is 47.5 Å². The predicted octanol–water partition coefficient (Wildman–Crippen LogP) is 4.10. The van der Waals surface area contributed by atoms with Crippen LogP contribution in [0.2, 0.25) is 0 Å². The van der Waals surface area contributed by atoms with Crippen LogP contribution in [0.3, 0.4) is 0 Å². The first-order valence-electron chi connectivity index (χ1n) is 9.60. The lowest BCUT2D eigenvalue weighted by atomic mass is 10.0. The molecule has 1 saturated heterocycles. The van der Waals surface area contributed by atoms with E-state index in [-0.39, 0.29) is 5.91 Å². The van der Waals surface area contributed by atoms with Crippen molar-refractivity contribution in [3.8, 4) is 27.6 Å². The molecule has 7 nitrogen and oxygen atoms in total. The van der Waals surface area contributed by atoms with Gasteiger partial charge in [0.25, 0.3) is 5.91 Å². The van der Waals surface area contributed by atoms with E-state index in [0.717, 1.165) is 22.3 Å². The molecule has 8 heteroatoms. The monoisotopic (exact) mass is 421 g/mol. The summed E-state index contributed by atoms with van der Waals surface area (Å²) in [6.07, 6.45) is 1.62. The molecule has 30 heavy (non-hydrogen) atoms. The number of hydrogen-bond donors (Lipinski definition) is 0. The van der Waals surface area contributed by atoms with Gasteiger partial charge in [-0.2, -0.15) is 0 Å². The van der Waals surface area contributed by atoms with Gasteiger partial charge in [-0.15, -0.1) is 11.3 Å². The number of amides is 1. The molecule has 152 valence electrons. The van der Waals surface area contributed by atoms with Gasteiger partial charge in [0, 0.05) is 13.1 Å². The summed E-state index contributed by atoms with van der Waals surface area (Å²) in [5, 5.41) is 5.76. The molecule has 1 aliphatic rings. The van der Waals surface area contributed by atoms with Crippen molar-refractivity contribution < 1.29 is 18.8 Å². The SMILES string of the molecule is COc1ccc(-c2ccc3c(-c4ncc(C(=O)N5CCOCC5)s4)noc3c2)cc1. The molecule has 0 aliphatic carbocycles. The van der Waals surface area contributed by atoms with E-state index in [1.54, 1.807) is 18.2 Å². The van der Waals surface area contributed by atoms with Crippen LogP contribution < -0.4 is 4.74 Å². The topological polar surface area (TPSA) is 77.7 Å². The summed E-state index contributed by atoms with van der Waals surface area (Å²) in [4.78, 5) is 19.5. The van der Waals surface area contributed by atoms with Crippen molar-refractivity contribution in [2.75, 3.05) is 33.4 Å². The van der Waals surface area contributed by atoms with E-state index in [1.807, 2.05) is 42.5 Å². The van der Waals surface area contributed by atoms with Gasteiger partial charge < -0.3 is 18.9 Å². The van der Waals surface area contributed by atoms with Crippen molar-refractivity contribution in [3.05, 3.63) is 53.5 Å². The second-order valence-electron chi connectivity index (χ2n) is 6.90. The fraction of sp³-hybridized carbons (Fsp3) is 0.227. The Morgan fingerprint density at radius 1 is 1.10 bits per heavy atom. The van der Waals surface area contributed by atoms with E-state index < -0.39 is 0 Å². The molecule has 4 aromatic rings. The molecule has 1 amide bonds. The molecule has 0 N–H and O–H groups in total. The first kappa shape index (κ1) is 18.8. The number of carbonyl (C=O) groups is 1. The number of carbonyl (C=O) groups excluding carboxylic acids is 1. The summed E-state index contributed by atoms with van der Waals surface area (Å²) in [7, 11) is 1.65. The highest BCUT2D eigenvalue weighted by Gasteiger charge is 2.22. The zero-order chi connectivity index (χ0) is 20.5. The Bertz CT molecular complexity index is 1190. The van der Waals surface area contributed by atoms with Crippen LogP contribution in [0.15, 0.2) is 53.2 Å². The number of morpholine rings is 1. The lowest BCUT2D eigenvalue weighted by Crippen LogP contribution is -2.40. The molecule has 1 fully saturated rings. The lowest BCUT2D eigenvalue weighted by Gasteiger charge is -2.26. The fourth-order valence-electron chi connectivity index (χ4n) is 3.46. The first-order chi connectivity index (χ1) is 14.7. The van der Waals surface area contributed by atoms with Crippen molar-refractivity contribution in [1.82, 2.24) is 15.0 Å². The average molecular weight is 421 g/mol. The second kappa shape index (κ2) is 7.89. The minimum Gasteiger partial charge on any atom is -0.497 e. The van der Waals surface area contributed by atoms with Gasteiger partial charge in [-0.3, -0.25) is 4.79 Å². The van der Waals surface area contributed by atoms with Crippen LogP contribution in [-0.4, -0.2) is 54.4 Å². The summed E-state index contributed by atoms with van der Waals surface area (Å²) in [5.41, 5.74) is 3.41. The summed E-state index contributed by atoms with van der Waals surface area (Å²) in [6, 6.07) is 13.8. The summed E-state index contributed by atoms with van der Waals surface area (Å²) >= 11 is 1.33. The number of aromatic nitrogens is 2. The predicted molar refractivity (Wildman–Crippen MR) is 114 cm³/mol. The number of thiazole rings is 1. The number of rotatable bonds is 4. The van der Waals surface area contributed by atoms with Crippen molar-refractivity contribution in [1.29, 1.82) is 0 Å². The van der Waals surface area contributed by atoms with Crippen LogP contribution >= 0.6 is 11.3 Å². The highest BCUT2D eigenvalue weighted by Crippen LogP contribution is 2.34. The Morgan fingerprint density at radius 3 is 2.63 bits per heavy atom. The highest BCUT2D eigenvalue weighted by atomic mass is 32.1. The molecule has 2 aromatic heterocycles. The Hall–Kier alpha value is -3.23. The molecule has 0 radical (unpaired) electrons. The summed E-state index contributed by atoms with van der Waals surface area (Å²) in [5.74, 6) is 0.796. The molecule has 0 bridgehead atoms. The maximum absolute atomic E-state index is 12.7. The van der Waals surface area contributed by atoms with E-state index in [2.05, 4.69) is 10.1 Å². The van der Waals surface area contributed by atoms with Gasteiger partial charge in [0.2, 0.25) is 0 Å². The van der Waals surface area contributed by atoms with Gasteiger partial charge in [-0.25, -0.2) is 4.98 Å². The van der Waals surface area contributed by atoms with Crippen LogP contribution in [0.25, 0.3) is 32.8 Å². The van der Waals surface area contributed by atoms with Crippen LogP contribution in [0.4, 0.5) is 0 Å². The maximum Gasteiger partial charge on any atom is 0.265 e. The minimum atomic E-state index is -0.0170. The number of methoxy groups -OCH3 is 1. The van der Waals surface area contributed by atoms with Crippen molar-refractivity contribution >= 4 is 28.2 Å². The van der Waals surface area contributed by atoms with Gasteiger partial charge in [0.05, 0.1) is 31.9 Å². The van der Waals surface area contributed by atoms with Gasteiger partial charge in [0.15, 0.2) is 5.58 Å². The zero-order valence-corrected chi connectivity index (χ0v) is 17.1. The number of benzene rings is 2. The second-order valence-corrected chi connectivity index (χ2v) is 7.94. The number of fused-ring (bicyclic) bond motifs is 1. The van der Waals surface area contributed by atoms with E-state index in [1.165, 1.54) is 11.3 Å². The Balaban J connectivity index is 1.42.